The van der Waals surface area contributed by atoms with Crippen molar-refractivity contribution in [2.24, 2.45) is 0 Å². The largest absolute Gasteiger partial charge is 0.353 e. The van der Waals surface area contributed by atoms with E-state index < -0.39 is 0 Å². The smallest absolute Gasteiger partial charge is 0.276 e. The molecule has 1 aromatic carbocycles. The van der Waals surface area contributed by atoms with Crippen LogP contribution in [0.15, 0.2) is 39.6 Å². The molecule has 136 valence electrons. The van der Waals surface area contributed by atoms with Gasteiger partial charge in [-0.25, -0.2) is 9.37 Å². The van der Waals surface area contributed by atoms with E-state index in [9.17, 15) is 14.0 Å². The maximum absolute atomic E-state index is 13.5. The molecule has 0 radical (unpaired) electrons. The molecule has 0 fully saturated rings. The van der Waals surface area contributed by atoms with Gasteiger partial charge >= 0.3 is 0 Å². The van der Waals surface area contributed by atoms with Crippen molar-refractivity contribution in [1.29, 1.82) is 0 Å². The zero-order chi connectivity index (χ0) is 18.8. The number of carbonyl (C=O) groups excluding carboxylic acids is 1. The zero-order valence-electron chi connectivity index (χ0n) is 14.6. The van der Waals surface area contributed by atoms with E-state index >= 15 is 0 Å². The standard InChI is InChI=1S/C18H18FN3O2S2/c1-10(2)20-15(23)9-26-18-21-13-6-7-25-16(13)17(24)22(18)14-5-4-12(19)8-11(14)3/h4-8,10H,9H2,1-3H3,(H,20,23). The van der Waals surface area contributed by atoms with Gasteiger partial charge in [0, 0.05) is 6.04 Å². The number of carbonyl (C=O) groups is 1. The summed E-state index contributed by atoms with van der Waals surface area (Å²) in [5.74, 6) is -0.359. The molecule has 0 aliphatic carbocycles. The van der Waals surface area contributed by atoms with Gasteiger partial charge in [-0.2, -0.15) is 0 Å². The normalized spacial score (nSPS) is 11.3. The van der Waals surface area contributed by atoms with Crippen molar-refractivity contribution in [3.63, 3.8) is 0 Å². The zero-order valence-corrected chi connectivity index (χ0v) is 16.2. The summed E-state index contributed by atoms with van der Waals surface area (Å²) in [6, 6.07) is 6.07. The molecule has 0 saturated carbocycles. The molecule has 8 heteroatoms. The van der Waals surface area contributed by atoms with Gasteiger partial charge in [-0.15, -0.1) is 11.3 Å². The molecule has 0 bridgehead atoms. The second kappa shape index (κ2) is 7.59. The number of thioether (sulfide) groups is 1. The second-order valence-electron chi connectivity index (χ2n) is 6.11. The molecule has 0 aliphatic heterocycles. The van der Waals surface area contributed by atoms with Crippen LogP contribution in [-0.4, -0.2) is 27.3 Å². The fourth-order valence-corrected chi connectivity index (χ4v) is 4.14. The Kier molecular flexibility index (Phi) is 5.43. The Hall–Kier alpha value is -2.19. The Morgan fingerprint density at radius 1 is 1.38 bits per heavy atom. The molecule has 0 aliphatic rings. The third kappa shape index (κ3) is 3.81. The number of nitrogens with zero attached hydrogens (tertiary/aromatic N) is 2. The third-order valence-corrected chi connectivity index (χ3v) is 5.46. The van der Waals surface area contributed by atoms with E-state index in [1.165, 1.54) is 39.8 Å². The molecule has 2 aromatic heterocycles. The van der Waals surface area contributed by atoms with Gasteiger partial charge in [0.2, 0.25) is 5.91 Å². The number of aryl methyl sites for hydroxylation is 1. The van der Waals surface area contributed by atoms with Crippen molar-refractivity contribution in [3.8, 4) is 5.69 Å². The Morgan fingerprint density at radius 2 is 2.15 bits per heavy atom. The van der Waals surface area contributed by atoms with Crippen LogP contribution in [0.4, 0.5) is 4.39 Å². The minimum Gasteiger partial charge on any atom is -0.353 e. The average Bonchev–Trinajstić information content (AvgIpc) is 3.02. The van der Waals surface area contributed by atoms with Crippen LogP contribution in [0.3, 0.4) is 0 Å². The van der Waals surface area contributed by atoms with Crippen LogP contribution < -0.4 is 10.9 Å². The maximum atomic E-state index is 13.5. The third-order valence-electron chi connectivity index (χ3n) is 3.63. The Labute approximate surface area is 158 Å². The lowest BCUT2D eigenvalue weighted by atomic mass is 10.2. The summed E-state index contributed by atoms with van der Waals surface area (Å²) in [5, 5.41) is 5.03. The molecule has 5 nitrogen and oxygen atoms in total. The number of fused-ring (bicyclic) bond motifs is 1. The highest BCUT2D eigenvalue weighted by Crippen LogP contribution is 2.25. The van der Waals surface area contributed by atoms with Crippen molar-refractivity contribution in [1.82, 2.24) is 14.9 Å². The van der Waals surface area contributed by atoms with Crippen LogP contribution in [0, 0.1) is 12.7 Å². The van der Waals surface area contributed by atoms with E-state index in [1.807, 2.05) is 13.8 Å². The monoisotopic (exact) mass is 391 g/mol. The molecule has 26 heavy (non-hydrogen) atoms. The van der Waals surface area contributed by atoms with Gasteiger partial charge in [0.25, 0.3) is 5.56 Å². The summed E-state index contributed by atoms with van der Waals surface area (Å²) in [4.78, 5) is 29.5. The predicted octanol–water partition coefficient (Wildman–Crippen LogP) is 3.51. The molecular formula is C18H18FN3O2S2. The number of hydrogen-bond acceptors (Lipinski definition) is 5. The van der Waals surface area contributed by atoms with Crippen molar-refractivity contribution in [2.75, 3.05) is 5.75 Å². The molecule has 0 saturated heterocycles. The van der Waals surface area contributed by atoms with E-state index in [-0.39, 0.29) is 29.1 Å². The van der Waals surface area contributed by atoms with Crippen LogP contribution in [0.5, 0.6) is 0 Å². The fourth-order valence-electron chi connectivity index (χ4n) is 2.56. The van der Waals surface area contributed by atoms with Crippen LogP contribution in [0.1, 0.15) is 19.4 Å². The number of thiophene rings is 1. The maximum Gasteiger partial charge on any atom is 0.276 e. The first-order valence-corrected chi connectivity index (χ1v) is 9.92. The number of aromatic nitrogens is 2. The van der Waals surface area contributed by atoms with Gasteiger partial charge in [0.05, 0.1) is 17.0 Å². The lowest BCUT2D eigenvalue weighted by molar-refractivity contribution is -0.119. The summed E-state index contributed by atoms with van der Waals surface area (Å²) >= 11 is 2.50. The minimum atomic E-state index is -0.366. The highest BCUT2D eigenvalue weighted by atomic mass is 32.2. The van der Waals surface area contributed by atoms with Crippen molar-refractivity contribution in [3.05, 3.63) is 51.4 Å². The van der Waals surface area contributed by atoms with Gasteiger partial charge in [-0.1, -0.05) is 11.8 Å². The quantitative estimate of drug-likeness (QED) is 0.534. The van der Waals surface area contributed by atoms with Gasteiger partial charge in [-0.3, -0.25) is 14.2 Å². The van der Waals surface area contributed by atoms with E-state index in [1.54, 1.807) is 24.4 Å². The first-order valence-electron chi connectivity index (χ1n) is 8.05. The predicted molar refractivity (Wildman–Crippen MR) is 104 cm³/mol. The summed E-state index contributed by atoms with van der Waals surface area (Å²) in [7, 11) is 0. The summed E-state index contributed by atoms with van der Waals surface area (Å²) < 4.78 is 15.5. The molecule has 3 rings (SSSR count). The first-order chi connectivity index (χ1) is 12.4. The fraction of sp³-hybridized carbons (Fsp3) is 0.278. The second-order valence-corrected chi connectivity index (χ2v) is 7.97. The number of amides is 1. The summed E-state index contributed by atoms with van der Waals surface area (Å²) in [5.41, 5.74) is 1.57. The highest BCUT2D eigenvalue weighted by Gasteiger charge is 2.17. The van der Waals surface area contributed by atoms with Crippen LogP contribution in [0.2, 0.25) is 0 Å². The highest BCUT2D eigenvalue weighted by molar-refractivity contribution is 7.99. The number of rotatable bonds is 5. The lowest BCUT2D eigenvalue weighted by Crippen LogP contribution is -2.32. The summed E-state index contributed by atoms with van der Waals surface area (Å²) in [6.45, 7) is 5.51. The average molecular weight is 391 g/mol. The summed E-state index contributed by atoms with van der Waals surface area (Å²) in [6.07, 6.45) is 0. The van der Waals surface area contributed by atoms with Crippen molar-refractivity contribution in [2.45, 2.75) is 32.0 Å². The van der Waals surface area contributed by atoms with Gasteiger partial charge < -0.3 is 5.32 Å². The van der Waals surface area contributed by atoms with Crippen LogP contribution >= 0.6 is 23.1 Å². The minimum absolute atomic E-state index is 0.0388. The molecule has 0 spiro atoms. The number of halogens is 1. The number of benzene rings is 1. The van der Waals surface area contributed by atoms with Gasteiger partial charge in [0.15, 0.2) is 5.16 Å². The Morgan fingerprint density at radius 3 is 2.85 bits per heavy atom. The molecule has 0 atom stereocenters. The lowest BCUT2D eigenvalue weighted by Gasteiger charge is -2.14. The molecule has 1 amide bonds. The van der Waals surface area contributed by atoms with E-state index in [2.05, 4.69) is 10.3 Å². The molecule has 0 unspecified atom stereocenters. The van der Waals surface area contributed by atoms with Crippen LogP contribution in [-0.2, 0) is 4.79 Å². The van der Waals surface area contributed by atoms with E-state index in [0.717, 1.165) is 0 Å². The molecular weight excluding hydrogens is 373 g/mol. The molecule has 1 N–H and O–H groups in total. The Balaban J connectivity index is 2.09. The van der Waals surface area contributed by atoms with Crippen LogP contribution in [0.25, 0.3) is 15.9 Å². The number of nitrogens with one attached hydrogen (secondary N) is 1. The molecule has 3 aromatic rings. The van der Waals surface area contributed by atoms with Gasteiger partial charge in [0.1, 0.15) is 10.5 Å². The first kappa shape index (κ1) is 18.6. The van der Waals surface area contributed by atoms with Gasteiger partial charge in [-0.05, 0) is 56.0 Å². The Bertz CT molecular complexity index is 1030. The molecule has 2 heterocycles. The van der Waals surface area contributed by atoms with E-state index in [0.29, 0.717) is 26.6 Å². The van der Waals surface area contributed by atoms with Crippen molar-refractivity contribution >= 4 is 39.2 Å². The van der Waals surface area contributed by atoms with Crippen molar-refractivity contribution < 1.29 is 9.18 Å². The topological polar surface area (TPSA) is 64.0 Å². The van der Waals surface area contributed by atoms with E-state index in [4.69, 9.17) is 0 Å². The number of hydrogen-bond donors (Lipinski definition) is 1. The SMILES string of the molecule is Cc1cc(F)ccc1-n1c(SCC(=O)NC(C)C)nc2ccsc2c1=O.